The normalized spacial score (nSPS) is 13.3. The minimum absolute atomic E-state index is 0.0977. The van der Waals surface area contributed by atoms with Gasteiger partial charge in [-0.05, 0) is 23.8 Å². The summed E-state index contributed by atoms with van der Waals surface area (Å²) in [7, 11) is 0. The molecule has 0 aliphatic rings. The van der Waals surface area contributed by atoms with E-state index in [4.69, 9.17) is 0 Å². The van der Waals surface area contributed by atoms with Crippen molar-refractivity contribution >= 4 is 21.6 Å². The van der Waals surface area contributed by atoms with Crippen LogP contribution in [0, 0.1) is 5.92 Å². The topological polar surface area (TPSA) is 78.0 Å². The van der Waals surface area contributed by atoms with Gasteiger partial charge in [-0.1, -0.05) is 13.8 Å². The van der Waals surface area contributed by atoms with Crippen molar-refractivity contribution in [3.8, 4) is 0 Å². The third-order valence-corrected chi connectivity index (χ3v) is 3.68. The average Bonchev–Trinajstić information content (AvgIpc) is 2.76. The first-order valence-corrected chi connectivity index (χ1v) is 7.29. The van der Waals surface area contributed by atoms with Crippen LogP contribution in [0.3, 0.4) is 0 Å². The monoisotopic (exact) mass is 281 g/mol. The predicted octanol–water partition coefficient (Wildman–Crippen LogP) is 1.48. The van der Waals surface area contributed by atoms with E-state index >= 15 is 0 Å². The SMILES string of the molecule is CC(C)CC(O)CNCc1nc2ccsc2c(=O)[nH]1. The summed E-state index contributed by atoms with van der Waals surface area (Å²) in [6, 6.07) is 1.84. The van der Waals surface area contributed by atoms with Gasteiger partial charge in [-0.15, -0.1) is 11.3 Å². The first-order chi connectivity index (χ1) is 9.06. The zero-order chi connectivity index (χ0) is 13.8. The van der Waals surface area contributed by atoms with Crippen LogP contribution in [-0.4, -0.2) is 27.7 Å². The minimum Gasteiger partial charge on any atom is -0.392 e. The molecule has 5 nitrogen and oxygen atoms in total. The van der Waals surface area contributed by atoms with Gasteiger partial charge >= 0.3 is 0 Å². The molecule has 0 fully saturated rings. The molecule has 2 aromatic heterocycles. The summed E-state index contributed by atoms with van der Waals surface area (Å²) < 4.78 is 0.656. The maximum atomic E-state index is 11.7. The van der Waals surface area contributed by atoms with Gasteiger partial charge in [0.15, 0.2) is 0 Å². The molecule has 2 heterocycles. The molecule has 3 N–H and O–H groups in total. The number of aromatic nitrogens is 2. The molecule has 0 amide bonds. The van der Waals surface area contributed by atoms with Crippen LogP contribution in [0.1, 0.15) is 26.1 Å². The first-order valence-electron chi connectivity index (χ1n) is 6.41. The average molecular weight is 281 g/mol. The Morgan fingerprint density at radius 3 is 3.05 bits per heavy atom. The second-order valence-corrected chi connectivity index (χ2v) is 5.98. The summed E-state index contributed by atoms with van der Waals surface area (Å²) in [4.78, 5) is 18.9. The van der Waals surface area contributed by atoms with Gasteiger partial charge in [0.05, 0.1) is 18.2 Å². The van der Waals surface area contributed by atoms with Gasteiger partial charge in [0.25, 0.3) is 5.56 Å². The van der Waals surface area contributed by atoms with Gasteiger partial charge in [0.2, 0.25) is 0 Å². The van der Waals surface area contributed by atoms with Crippen LogP contribution in [0.25, 0.3) is 10.2 Å². The Hall–Kier alpha value is -1.24. The van der Waals surface area contributed by atoms with E-state index in [1.807, 2.05) is 11.4 Å². The molecule has 19 heavy (non-hydrogen) atoms. The van der Waals surface area contributed by atoms with Crippen LogP contribution in [-0.2, 0) is 6.54 Å². The zero-order valence-electron chi connectivity index (χ0n) is 11.1. The smallest absolute Gasteiger partial charge is 0.268 e. The van der Waals surface area contributed by atoms with E-state index in [0.717, 1.165) is 11.9 Å². The molecule has 2 aromatic rings. The lowest BCUT2D eigenvalue weighted by atomic mass is 10.1. The zero-order valence-corrected chi connectivity index (χ0v) is 12.0. The maximum Gasteiger partial charge on any atom is 0.268 e. The second-order valence-electron chi connectivity index (χ2n) is 5.06. The quantitative estimate of drug-likeness (QED) is 0.749. The summed E-state index contributed by atoms with van der Waals surface area (Å²) in [5, 5.41) is 14.7. The van der Waals surface area contributed by atoms with E-state index in [1.165, 1.54) is 11.3 Å². The number of hydrogen-bond acceptors (Lipinski definition) is 5. The van der Waals surface area contributed by atoms with Crippen molar-refractivity contribution in [2.24, 2.45) is 5.92 Å². The van der Waals surface area contributed by atoms with E-state index in [2.05, 4.69) is 29.1 Å². The summed E-state index contributed by atoms with van der Waals surface area (Å²) in [5.74, 6) is 1.07. The fourth-order valence-electron chi connectivity index (χ4n) is 1.99. The third kappa shape index (κ3) is 3.86. The van der Waals surface area contributed by atoms with Gasteiger partial charge in [0, 0.05) is 6.54 Å². The molecule has 0 aromatic carbocycles. The molecular weight excluding hydrogens is 262 g/mol. The molecule has 1 atom stereocenters. The molecule has 0 saturated carbocycles. The highest BCUT2D eigenvalue weighted by atomic mass is 32.1. The Kier molecular flexibility index (Phi) is 4.68. The van der Waals surface area contributed by atoms with Gasteiger partial charge in [-0.25, -0.2) is 4.98 Å². The van der Waals surface area contributed by atoms with Gasteiger partial charge < -0.3 is 15.4 Å². The van der Waals surface area contributed by atoms with Crippen molar-refractivity contribution in [2.75, 3.05) is 6.54 Å². The molecule has 0 spiro atoms. The van der Waals surface area contributed by atoms with Crippen molar-refractivity contribution in [1.29, 1.82) is 0 Å². The third-order valence-electron chi connectivity index (χ3n) is 2.78. The molecule has 0 aliphatic carbocycles. The van der Waals surface area contributed by atoms with Gasteiger partial charge in [-0.2, -0.15) is 0 Å². The molecule has 104 valence electrons. The Balaban J connectivity index is 1.93. The van der Waals surface area contributed by atoms with Crippen LogP contribution in [0.4, 0.5) is 0 Å². The number of aromatic amines is 1. The lowest BCUT2D eigenvalue weighted by Crippen LogP contribution is -2.28. The van der Waals surface area contributed by atoms with Crippen LogP contribution in [0.2, 0.25) is 0 Å². The Morgan fingerprint density at radius 1 is 1.53 bits per heavy atom. The van der Waals surface area contributed by atoms with Crippen molar-refractivity contribution in [3.05, 3.63) is 27.6 Å². The fraction of sp³-hybridized carbons (Fsp3) is 0.538. The van der Waals surface area contributed by atoms with E-state index in [9.17, 15) is 9.90 Å². The molecule has 0 aliphatic heterocycles. The van der Waals surface area contributed by atoms with Crippen molar-refractivity contribution in [3.63, 3.8) is 0 Å². The van der Waals surface area contributed by atoms with E-state index in [0.29, 0.717) is 29.5 Å². The summed E-state index contributed by atoms with van der Waals surface area (Å²) in [6.45, 7) is 5.11. The highest BCUT2D eigenvalue weighted by Gasteiger charge is 2.08. The van der Waals surface area contributed by atoms with Crippen LogP contribution in [0.5, 0.6) is 0 Å². The maximum absolute atomic E-state index is 11.7. The first kappa shape index (κ1) is 14.2. The van der Waals surface area contributed by atoms with Crippen molar-refractivity contribution in [2.45, 2.75) is 32.9 Å². The van der Waals surface area contributed by atoms with Gasteiger partial charge in [-0.3, -0.25) is 4.79 Å². The van der Waals surface area contributed by atoms with Crippen molar-refractivity contribution < 1.29 is 5.11 Å². The molecule has 0 saturated heterocycles. The molecule has 0 radical (unpaired) electrons. The molecule has 6 heteroatoms. The van der Waals surface area contributed by atoms with E-state index in [-0.39, 0.29) is 11.7 Å². The fourth-order valence-corrected chi connectivity index (χ4v) is 2.72. The Morgan fingerprint density at radius 2 is 2.32 bits per heavy atom. The molecule has 2 rings (SSSR count). The Labute approximate surface area is 115 Å². The van der Waals surface area contributed by atoms with E-state index < -0.39 is 0 Å². The predicted molar refractivity (Wildman–Crippen MR) is 77.4 cm³/mol. The number of aliphatic hydroxyl groups excluding tert-OH is 1. The number of nitrogens with one attached hydrogen (secondary N) is 2. The number of fused-ring (bicyclic) bond motifs is 1. The minimum atomic E-state index is -0.364. The highest BCUT2D eigenvalue weighted by Crippen LogP contribution is 2.13. The number of aliphatic hydroxyl groups is 1. The number of rotatable bonds is 6. The lowest BCUT2D eigenvalue weighted by molar-refractivity contribution is 0.146. The lowest BCUT2D eigenvalue weighted by Gasteiger charge is -2.13. The van der Waals surface area contributed by atoms with Crippen LogP contribution < -0.4 is 10.9 Å². The second kappa shape index (κ2) is 6.27. The van der Waals surface area contributed by atoms with Crippen LogP contribution in [0.15, 0.2) is 16.2 Å². The van der Waals surface area contributed by atoms with Gasteiger partial charge in [0.1, 0.15) is 10.5 Å². The van der Waals surface area contributed by atoms with E-state index in [1.54, 1.807) is 0 Å². The van der Waals surface area contributed by atoms with Crippen molar-refractivity contribution in [1.82, 2.24) is 15.3 Å². The molecule has 1 unspecified atom stereocenters. The summed E-state index contributed by atoms with van der Waals surface area (Å²) in [6.07, 6.45) is 0.400. The number of thiophene rings is 1. The van der Waals surface area contributed by atoms with Crippen LogP contribution >= 0.6 is 11.3 Å². The summed E-state index contributed by atoms with van der Waals surface area (Å²) in [5.41, 5.74) is 0.632. The Bertz CT molecular complexity index is 591. The number of H-pyrrole nitrogens is 1. The number of hydrogen-bond donors (Lipinski definition) is 3. The highest BCUT2D eigenvalue weighted by molar-refractivity contribution is 7.17. The summed E-state index contributed by atoms with van der Waals surface area (Å²) >= 11 is 1.39. The standard InChI is InChI=1S/C13H19N3O2S/c1-8(2)5-9(17)6-14-7-11-15-10-3-4-19-12(10)13(18)16-11/h3-4,8-9,14,17H,5-7H2,1-2H3,(H,15,16,18). The molecule has 0 bridgehead atoms. The number of nitrogens with zero attached hydrogens (tertiary/aromatic N) is 1. The molecular formula is C13H19N3O2S. The largest absolute Gasteiger partial charge is 0.392 e.